The molecule has 0 fully saturated rings. The van der Waals surface area contributed by atoms with Crippen molar-refractivity contribution in [1.82, 2.24) is 10.2 Å². The fraction of sp³-hybridized carbons (Fsp3) is 0.571. The van der Waals surface area contributed by atoms with Gasteiger partial charge in [0.1, 0.15) is 6.54 Å². The molecule has 0 spiro atoms. The summed E-state index contributed by atoms with van der Waals surface area (Å²) in [4.78, 5) is 32.2. The lowest BCUT2D eigenvalue weighted by atomic mass is 10.4. The van der Waals surface area contributed by atoms with E-state index in [9.17, 15) is 14.4 Å². The van der Waals surface area contributed by atoms with Gasteiger partial charge in [0.05, 0.1) is 0 Å². The largest absolute Gasteiger partial charge is 0.480 e. The van der Waals surface area contributed by atoms with Crippen molar-refractivity contribution in [3.05, 3.63) is 0 Å². The highest BCUT2D eigenvalue weighted by molar-refractivity contribution is 5.87. The van der Waals surface area contributed by atoms with Gasteiger partial charge in [-0.15, -0.1) is 0 Å². The van der Waals surface area contributed by atoms with Crippen LogP contribution in [0.1, 0.15) is 13.3 Å². The van der Waals surface area contributed by atoms with Gasteiger partial charge in [0.15, 0.2) is 0 Å². The van der Waals surface area contributed by atoms with Crippen molar-refractivity contribution in [3.63, 3.8) is 0 Å². The molecule has 0 saturated carbocycles. The van der Waals surface area contributed by atoms with Gasteiger partial charge in [0.25, 0.3) is 0 Å². The quantitative estimate of drug-likeness (QED) is 0.577. The first-order valence-electron chi connectivity index (χ1n) is 3.83. The SMILES string of the molecule is CCCN(C=O)C(=O)NCC(=O)O. The molecule has 13 heavy (non-hydrogen) atoms. The Morgan fingerprint density at radius 3 is 2.54 bits per heavy atom. The van der Waals surface area contributed by atoms with Crippen LogP contribution in [-0.4, -0.2) is 41.5 Å². The summed E-state index contributed by atoms with van der Waals surface area (Å²) in [6.07, 6.45) is 1.01. The molecule has 0 aliphatic carbocycles. The zero-order valence-electron chi connectivity index (χ0n) is 7.32. The number of carbonyl (C=O) groups is 3. The van der Waals surface area contributed by atoms with Crippen LogP contribution in [-0.2, 0) is 9.59 Å². The number of nitrogens with one attached hydrogen (secondary N) is 1. The van der Waals surface area contributed by atoms with Gasteiger partial charge in [-0.1, -0.05) is 6.92 Å². The Morgan fingerprint density at radius 1 is 1.54 bits per heavy atom. The van der Waals surface area contributed by atoms with E-state index in [1.165, 1.54) is 0 Å². The van der Waals surface area contributed by atoms with Gasteiger partial charge in [-0.25, -0.2) is 4.79 Å². The predicted octanol–water partition coefficient (Wildman–Crippen LogP) is -0.351. The molecule has 6 nitrogen and oxygen atoms in total. The normalized spacial score (nSPS) is 9.00. The Hall–Kier alpha value is -1.59. The molecule has 0 aliphatic heterocycles. The summed E-state index contributed by atoms with van der Waals surface area (Å²) in [5.74, 6) is -1.14. The van der Waals surface area contributed by atoms with Crippen LogP contribution in [0.25, 0.3) is 0 Å². The lowest BCUT2D eigenvalue weighted by Crippen LogP contribution is -2.41. The zero-order chi connectivity index (χ0) is 10.3. The molecule has 0 aromatic rings. The topological polar surface area (TPSA) is 86.7 Å². The number of carboxylic acid groups (broad SMARTS) is 1. The number of amides is 3. The van der Waals surface area contributed by atoms with E-state index in [0.29, 0.717) is 12.8 Å². The minimum Gasteiger partial charge on any atom is -0.480 e. The number of hydrogen-bond acceptors (Lipinski definition) is 3. The lowest BCUT2D eigenvalue weighted by Gasteiger charge is -2.13. The summed E-state index contributed by atoms with van der Waals surface area (Å²) in [7, 11) is 0. The van der Waals surface area contributed by atoms with Crippen molar-refractivity contribution in [1.29, 1.82) is 0 Å². The number of rotatable bonds is 5. The fourth-order valence-electron chi connectivity index (χ4n) is 0.696. The molecule has 0 aromatic heterocycles. The molecule has 0 aliphatic rings. The van der Waals surface area contributed by atoms with Crippen LogP contribution in [0.4, 0.5) is 4.79 Å². The number of nitrogens with zero attached hydrogens (tertiary/aromatic N) is 1. The molecule has 0 aromatic carbocycles. The summed E-state index contributed by atoms with van der Waals surface area (Å²) in [5.41, 5.74) is 0. The average molecular weight is 188 g/mol. The van der Waals surface area contributed by atoms with Crippen LogP contribution >= 0.6 is 0 Å². The van der Waals surface area contributed by atoms with Gasteiger partial charge in [-0.05, 0) is 6.42 Å². The molecular formula is C7H12N2O4. The average Bonchev–Trinajstić information content (AvgIpc) is 2.10. The van der Waals surface area contributed by atoms with Crippen molar-refractivity contribution in [2.45, 2.75) is 13.3 Å². The number of aliphatic carboxylic acids is 1. The van der Waals surface area contributed by atoms with E-state index in [1.807, 2.05) is 0 Å². The third kappa shape index (κ3) is 4.78. The van der Waals surface area contributed by atoms with Crippen LogP contribution in [0.5, 0.6) is 0 Å². The van der Waals surface area contributed by atoms with Gasteiger partial charge in [-0.3, -0.25) is 14.5 Å². The maximum Gasteiger partial charge on any atom is 0.324 e. The van der Waals surface area contributed by atoms with E-state index >= 15 is 0 Å². The summed E-state index contributed by atoms with van der Waals surface area (Å²) in [6.45, 7) is 1.61. The molecule has 0 unspecified atom stereocenters. The molecule has 3 amide bonds. The number of hydrogen-bond donors (Lipinski definition) is 2. The molecule has 0 radical (unpaired) electrons. The second-order valence-electron chi connectivity index (χ2n) is 2.35. The van der Waals surface area contributed by atoms with Crippen LogP contribution in [0.2, 0.25) is 0 Å². The standard InChI is InChI=1S/C7H12N2O4/c1-2-3-9(5-10)7(13)8-4-6(11)12/h5H,2-4H2,1H3,(H,8,13)(H,11,12). The van der Waals surface area contributed by atoms with Gasteiger partial charge in [-0.2, -0.15) is 0 Å². The summed E-state index contributed by atoms with van der Waals surface area (Å²) in [5, 5.41) is 10.3. The third-order valence-electron chi connectivity index (χ3n) is 1.24. The molecule has 0 saturated heterocycles. The lowest BCUT2D eigenvalue weighted by molar-refractivity contribution is -0.136. The molecule has 0 bridgehead atoms. The van der Waals surface area contributed by atoms with Crippen molar-refractivity contribution >= 4 is 18.4 Å². The maximum absolute atomic E-state index is 11.0. The Labute approximate surface area is 75.5 Å². The Balaban J connectivity index is 3.91. The number of imide groups is 1. The zero-order valence-corrected chi connectivity index (χ0v) is 7.32. The molecule has 6 heteroatoms. The molecule has 0 heterocycles. The van der Waals surface area contributed by atoms with E-state index in [-0.39, 0.29) is 6.54 Å². The second kappa shape index (κ2) is 5.99. The highest BCUT2D eigenvalue weighted by Crippen LogP contribution is 1.87. The molecule has 0 rings (SSSR count). The van der Waals surface area contributed by atoms with Crippen molar-refractivity contribution in [3.8, 4) is 0 Å². The maximum atomic E-state index is 11.0. The van der Waals surface area contributed by atoms with Gasteiger partial charge in [0.2, 0.25) is 6.41 Å². The highest BCUT2D eigenvalue weighted by atomic mass is 16.4. The molecular weight excluding hydrogens is 176 g/mol. The third-order valence-corrected chi connectivity index (χ3v) is 1.24. The number of urea groups is 1. The van der Waals surface area contributed by atoms with E-state index in [1.54, 1.807) is 6.92 Å². The summed E-state index contributed by atoms with van der Waals surface area (Å²) in [6, 6.07) is -0.681. The van der Waals surface area contributed by atoms with Gasteiger partial charge in [0, 0.05) is 6.54 Å². The highest BCUT2D eigenvalue weighted by Gasteiger charge is 2.11. The minimum absolute atomic E-state index is 0.287. The Bertz CT molecular complexity index is 205. The fourth-order valence-corrected chi connectivity index (χ4v) is 0.696. The molecule has 0 atom stereocenters. The van der Waals surface area contributed by atoms with Crippen LogP contribution < -0.4 is 5.32 Å². The summed E-state index contributed by atoms with van der Waals surface area (Å²) < 4.78 is 0. The first-order valence-corrected chi connectivity index (χ1v) is 3.83. The number of carbonyl (C=O) groups excluding carboxylic acids is 2. The van der Waals surface area contributed by atoms with Crippen LogP contribution in [0.15, 0.2) is 0 Å². The van der Waals surface area contributed by atoms with E-state index in [2.05, 4.69) is 5.32 Å². The van der Waals surface area contributed by atoms with Gasteiger partial charge < -0.3 is 10.4 Å². The second-order valence-corrected chi connectivity index (χ2v) is 2.35. The van der Waals surface area contributed by atoms with Crippen molar-refractivity contribution < 1.29 is 19.5 Å². The monoisotopic (exact) mass is 188 g/mol. The van der Waals surface area contributed by atoms with Crippen LogP contribution in [0, 0.1) is 0 Å². The Morgan fingerprint density at radius 2 is 2.15 bits per heavy atom. The first-order chi connectivity index (χ1) is 6.11. The first kappa shape index (κ1) is 11.4. The predicted molar refractivity (Wildman–Crippen MR) is 44.1 cm³/mol. The Kier molecular flexibility index (Phi) is 5.25. The van der Waals surface area contributed by atoms with Crippen molar-refractivity contribution in [2.24, 2.45) is 0 Å². The summed E-state index contributed by atoms with van der Waals surface area (Å²) >= 11 is 0. The van der Waals surface area contributed by atoms with E-state index < -0.39 is 18.5 Å². The van der Waals surface area contributed by atoms with Gasteiger partial charge >= 0.3 is 12.0 Å². The molecule has 74 valence electrons. The number of carboxylic acids is 1. The smallest absolute Gasteiger partial charge is 0.324 e. The minimum atomic E-state index is -1.14. The molecule has 2 N–H and O–H groups in total. The van der Waals surface area contributed by atoms with E-state index in [0.717, 1.165) is 4.90 Å². The van der Waals surface area contributed by atoms with Crippen LogP contribution in [0.3, 0.4) is 0 Å². The van der Waals surface area contributed by atoms with E-state index in [4.69, 9.17) is 5.11 Å². The van der Waals surface area contributed by atoms with Crippen molar-refractivity contribution in [2.75, 3.05) is 13.1 Å².